The molecule has 0 aliphatic carbocycles. The average Bonchev–Trinajstić information content (AvgIpc) is 3.33. The number of likely N-dealkylation sites (tertiary alicyclic amines) is 1. The Balaban J connectivity index is 1.52. The summed E-state index contributed by atoms with van der Waals surface area (Å²) in [5.41, 5.74) is 1.27. The van der Waals surface area contributed by atoms with Crippen molar-refractivity contribution in [2.24, 2.45) is 13.0 Å². The quantitative estimate of drug-likeness (QED) is 0.250. The molecular weight excluding hydrogens is 522 g/mol. The first-order valence-electron chi connectivity index (χ1n) is 14.0. The van der Waals surface area contributed by atoms with E-state index in [1.807, 2.05) is 47.7 Å². The number of rotatable bonds is 14. The Kier molecular flexibility index (Phi) is 10.1. The van der Waals surface area contributed by atoms with Crippen molar-refractivity contribution in [3.05, 3.63) is 71.1 Å². The zero-order valence-corrected chi connectivity index (χ0v) is 23.5. The molecule has 0 spiro atoms. The van der Waals surface area contributed by atoms with Crippen LogP contribution in [-0.4, -0.2) is 62.4 Å². The molecule has 40 heavy (non-hydrogen) atoms. The lowest BCUT2D eigenvalue weighted by molar-refractivity contribution is -0.138. The maximum Gasteiger partial charge on any atom is 0.418 e. The standard InChI is InChI=1S/C29H39F4N7/c1-4-6-11-39(12-10-30)17-22-13-25(29(31,32)33)26(35-15-22)16-34-24-9-7-8-23(14-24)27(28-37-36-20-38(28)3)40-18-21(5-2)19-40/h7-9,13-15,20-21,27,34H,4-6,10-12,16-19H2,1-3H3. The molecule has 0 saturated carbocycles. The van der Waals surface area contributed by atoms with Crippen molar-refractivity contribution in [2.45, 2.75) is 58.4 Å². The third kappa shape index (κ3) is 7.37. The normalized spacial score (nSPS) is 15.4. The molecule has 7 nitrogen and oxygen atoms in total. The first-order chi connectivity index (χ1) is 19.2. The van der Waals surface area contributed by atoms with Crippen molar-refractivity contribution in [3.63, 3.8) is 0 Å². The van der Waals surface area contributed by atoms with Crippen molar-refractivity contribution in [2.75, 3.05) is 38.2 Å². The minimum absolute atomic E-state index is 0.0781. The van der Waals surface area contributed by atoms with Crippen molar-refractivity contribution < 1.29 is 17.6 Å². The van der Waals surface area contributed by atoms with E-state index in [0.29, 0.717) is 23.7 Å². The average molecular weight is 562 g/mol. The maximum absolute atomic E-state index is 14.0. The summed E-state index contributed by atoms with van der Waals surface area (Å²) < 4.78 is 57.0. The zero-order valence-electron chi connectivity index (χ0n) is 23.5. The molecule has 218 valence electrons. The molecule has 3 aromatic rings. The van der Waals surface area contributed by atoms with Gasteiger partial charge in [0, 0.05) is 45.1 Å². The molecule has 2 aromatic heterocycles. The van der Waals surface area contributed by atoms with Crippen LogP contribution in [0.25, 0.3) is 0 Å². The molecule has 1 N–H and O–H groups in total. The number of alkyl halides is 4. The Morgan fingerprint density at radius 3 is 2.60 bits per heavy atom. The third-order valence-corrected chi connectivity index (χ3v) is 7.55. The van der Waals surface area contributed by atoms with Crippen LogP contribution in [-0.2, 0) is 26.3 Å². The molecule has 1 atom stereocenters. The summed E-state index contributed by atoms with van der Waals surface area (Å²) in [5, 5.41) is 11.6. The molecule has 0 bridgehead atoms. The number of nitrogens with zero attached hydrogens (tertiary/aromatic N) is 6. The minimum Gasteiger partial charge on any atom is -0.379 e. The Labute approximate surface area is 233 Å². The molecule has 3 heterocycles. The lowest BCUT2D eigenvalue weighted by atomic mass is 9.92. The second kappa shape index (κ2) is 13.5. The number of nitrogens with one attached hydrogen (secondary N) is 1. The highest BCUT2D eigenvalue weighted by Crippen LogP contribution is 2.36. The molecule has 1 fully saturated rings. The van der Waals surface area contributed by atoms with Crippen molar-refractivity contribution in [1.29, 1.82) is 0 Å². The van der Waals surface area contributed by atoms with Crippen molar-refractivity contribution >= 4 is 5.69 Å². The topological polar surface area (TPSA) is 62.1 Å². The van der Waals surface area contributed by atoms with Gasteiger partial charge in [-0.15, -0.1) is 10.2 Å². The van der Waals surface area contributed by atoms with E-state index in [9.17, 15) is 17.6 Å². The number of benzene rings is 1. The summed E-state index contributed by atoms with van der Waals surface area (Å²) in [6.45, 7) is 6.55. The third-order valence-electron chi connectivity index (χ3n) is 7.55. The van der Waals surface area contributed by atoms with Crippen LogP contribution in [0.15, 0.2) is 42.9 Å². The van der Waals surface area contributed by atoms with E-state index in [-0.39, 0.29) is 31.4 Å². The SMILES string of the molecule is CCCCN(CCF)Cc1cnc(CNc2cccc(C(c3nncn3C)N3CC(CC)C3)c2)c(C(F)(F)F)c1. The fraction of sp³-hybridized carbons (Fsp3) is 0.552. The lowest BCUT2D eigenvalue weighted by Crippen LogP contribution is -2.49. The van der Waals surface area contributed by atoms with E-state index in [0.717, 1.165) is 49.8 Å². The summed E-state index contributed by atoms with van der Waals surface area (Å²) in [6, 6.07) is 8.76. The van der Waals surface area contributed by atoms with Gasteiger partial charge >= 0.3 is 6.18 Å². The monoisotopic (exact) mass is 561 g/mol. The Bertz CT molecular complexity index is 1220. The highest BCUT2D eigenvalue weighted by atomic mass is 19.4. The second-order valence-corrected chi connectivity index (χ2v) is 10.6. The first kappa shape index (κ1) is 29.9. The van der Waals surface area contributed by atoms with Gasteiger partial charge in [-0.1, -0.05) is 38.8 Å². The zero-order chi connectivity index (χ0) is 28.7. The summed E-state index contributed by atoms with van der Waals surface area (Å²) in [6.07, 6.45) is 1.49. The van der Waals surface area contributed by atoms with Crippen LogP contribution >= 0.6 is 0 Å². The van der Waals surface area contributed by atoms with Gasteiger partial charge in [-0.2, -0.15) is 13.2 Å². The molecule has 11 heteroatoms. The molecule has 0 radical (unpaired) electrons. The fourth-order valence-corrected chi connectivity index (χ4v) is 5.18. The molecule has 1 saturated heterocycles. The highest BCUT2D eigenvalue weighted by Gasteiger charge is 2.36. The second-order valence-electron chi connectivity index (χ2n) is 10.6. The first-order valence-corrected chi connectivity index (χ1v) is 14.0. The van der Waals surface area contributed by atoms with Gasteiger partial charge in [0.05, 0.1) is 23.8 Å². The molecule has 1 aliphatic rings. The molecule has 1 aliphatic heterocycles. The van der Waals surface area contributed by atoms with Gasteiger partial charge in [0.2, 0.25) is 0 Å². The molecule has 0 amide bonds. The van der Waals surface area contributed by atoms with Crippen LogP contribution in [0.3, 0.4) is 0 Å². The van der Waals surface area contributed by atoms with E-state index in [1.54, 1.807) is 6.33 Å². The van der Waals surface area contributed by atoms with Crippen LogP contribution in [0.2, 0.25) is 0 Å². The van der Waals surface area contributed by atoms with E-state index >= 15 is 0 Å². The van der Waals surface area contributed by atoms with Gasteiger partial charge in [-0.05, 0) is 48.2 Å². The Morgan fingerprint density at radius 1 is 1.15 bits per heavy atom. The molecule has 4 rings (SSSR count). The molecule has 1 unspecified atom stereocenters. The number of halogens is 4. The largest absolute Gasteiger partial charge is 0.418 e. The van der Waals surface area contributed by atoms with E-state index in [2.05, 4.69) is 32.3 Å². The molecular formula is C29H39F4N7. The number of hydrogen-bond acceptors (Lipinski definition) is 6. The minimum atomic E-state index is -4.56. The Hall–Kier alpha value is -3.05. The fourth-order valence-electron chi connectivity index (χ4n) is 5.18. The van der Waals surface area contributed by atoms with Crippen molar-refractivity contribution in [1.82, 2.24) is 29.5 Å². The predicted octanol–water partition coefficient (Wildman–Crippen LogP) is 5.84. The van der Waals surface area contributed by atoms with Crippen LogP contribution in [0.4, 0.5) is 23.2 Å². The predicted molar refractivity (Wildman–Crippen MR) is 147 cm³/mol. The van der Waals surface area contributed by atoms with Gasteiger partial charge in [-0.3, -0.25) is 14.8 Å². The van der Waals surface area contributed by atoms with E-state index in [1.165, 1.54) is 6.20 Å². The number of aryl methyl sites for hydroxylation is 1. The van der Waals surface area contributed by atoms with Crippen molar-refractivity contribution in [3.8, 4) is 0 Å². The molecule has 1 aromatic carbocycles. The summed E-state index contributed by atoms with van der Waals surface area (Å²) in [5.74, 6) is 1.46. The van der Waals surface area contributed by atoms with Gasteiger partial charge in [0.1, 0.15) is 13.0 Å². The van der Waals surface area contributed by atoms with Gasteiger partial charge in [0.15, 0.2) is 5.82 Å². The number of anilines is 1. The maximum atomic E-state index is 14.0. The van der Waals surface area contributed by atoms with E-state index in [4.69, 9.17) is 0 Å². The number of unbranched alkanes of at least 4 members (excludes halogenated alkanes) is 1. The summed E-state index contributed by atoms with van der Waals surface area (Å²) in [4.78, 5) is 8.38. The Morgan fingerprint density at radius 2 is 1.95 bits per heavy atom. The lowest BCUT2D eigenvalue weighted by Gasteiger charge is -2.43. The van der Waals surface area contributed by atoms with Crippen LogP contribution in [0.5, 0.6) is 0 Å². The summed E-state index contributed by atoms with van der Waals surface area (Å²) >= 11 is 0. The number of hydrogen-bond donors (Lipinski definition) is 1. The van der Waals surface area contributed by atoms with Gasteiger partial charge < -0.3 is 9.88 Å². The highest BCUT2D eigenvalue weighted by molar-refractivity contribution is 5.48. The van der Waals surface area contributed by atoms with E-state index < -0.39 is 18.4 Å². The summed E-state index contributed by atoms with van der Waals surface area (Å²) in [7, 11) is 1.91. The van der Waals surface area contributed by atoms with Gasteiger partial charge in [0.25, 0.3) is 0 Å². The van der Waals surface area contributed by atoms with Crippen LogP contribution in [0.1, 0.15) is 67.4 Å². The number of aromatic nitrogens is 4. The van der Waals surface area contributed by atoms with Gasteiger partial charge in [-0.25, -0.2) is 4.39 Å². The van der Waals surface area contributed by atoms with Crippen LogP contribution < -0.4 is 5.32 Å². The number of pyridine rings is 1. The van der Waals surface area contributed by atoms with Crippen LogP contribution in [0, 0.1) is 5.92 Å². The smallest absolute Gasteiger partial charge is 0.379 e.